The van der Waals surface area contributed by atoms with Crippen molar-refractivity contribution in [2.45, 2.75) is 25.2 Å². The number of hydrogen-bond donors (Lipinski definition) is 1. The lowest BCUT2D eigenvalue weighted by atomic mass is 9.99. The van der Waals surface area contributed by atoms with Gasteiger partial charge in [0.25, 0.3) is 0 Å². The normalized spacial score (nSPS) is 21.7. The van der Waals surface area contributed by atoms with Crippen LogP contribution in [0.1, 0.15) is 22.8 Å². The van der Waals surface area contributed by atoms with Gasteiger partial charge in [0.2, 0.25) is 0 Å². The van der Waals surface area contributed by atoms with Crippen LogP contribution in [0.25, 0.3) is 0 Å². The fourth-order valence-electron chi connectivity index (χ4n) is 2.20. The van der Waals surface area contributed by atoms with Gasteiger partial charge in [-0.1, -0.05) is 12.1 Å². The maximum Gasteiger partial charge on any atom is 0.127 e. The third-order valence-electron chi connectivity index (χ3n) is 3.42. The predicted octanol–water partition coefficient (Wildman–Crippen LogP) is 3.19. The van der Waals surface area contributed by atoms with Crippen LogP contribution in [-0.2, 0) is 0 Å². The van der Waals surface area contributed by atoms with Crippen molar-refractivity contribution < 1.29 is 9.84 Å². The highest BCUT2D eigenvalue weighted by Gasteiger charge is 2.27. The summed E-state index contributed by atoms with van der Waals surface area (Å²) in [5, 5.41) is 10.8. The summed E-state index contributed by atoms with van der Waals surface area (Å²) in [6, 6.07) is 4.07. The average Bonchev–Trinajstić information content (AvgIpc) is 2.42. The molecule has 0 aliphatic carbocycles. The molecule has 1 aromatic carbocycles. The van der Waals surface area contributed by atoms with Crippen LogP contribution in [0.5, 0.6) is 5.75 Å². The van der Waals surface area contributed by atoms with Crippen LogP contribution in [0, 0.1) is 13.8 Å². The fraction of sp³-hybridized carbons (Fsp3) is 0.571. The molecule has 0 spiro atoms. The monoisotopic (exact) mass is 284 g/mol. The third-order valence-corrected chi connectivity index (χ3v) is 6.27. The van der Waals surface area contributed by atoms with Gasteiger partial charge in [-0.25, -0.2) is 0 Å². The van der Waals surface area contributed by atoms with E-state index < -0.39 is 6.10 Å². The third kappa shape index (κ3) is 2.81. The van der Waals surface area contributed by atoms with Gasteiger partial charge in [-0.15, -0.1) is 0 Å². The van der Waals surface area contributed by atoms with E-state index in [0.717, 1.165) is 28.4 Å². The molecular formula is C14H20O2S2. The zero-order chi connectivity index (χ0) is 13.1. The van der Waals surface area contributed by atoms with E-state index in [0.29, 0.717) is 0 Å². The largest absolute Gasteiger partial charge is 0.496 e. The van der Waals surface area contributed by atoms with Crippen molar-refractivity contribution in [3.63, 3.8) is 0 Å². The molecule has 0 aromatic heterocycles. The first-order valence-electron chi connectivity index (χ1n) is 6.16. The minimum Gasteiger partial charge on any atom is -0.496 e. The van der Waals surface area contributed by atoms with E-state index in [1.807, 2.05) is 36.5 Å². The first kappa shape index (κ1) is 14.1. The van der Waals surface area contributed by atoms with Gasteiger partial charge in [0.1, 0.15) is 5.75 Å². The van der Waals surface area contributed by atoms with E-state index in [9.17, 15) is 5.11 Å². The zero-order valence-electron chi connectivity index (χ0n) is 11.1. The molecule has 2 nitrogen and oxygen atoms in total. The molecule has 1 aliphatic rings. The number of benzene rings is 1. The average molecular weight is 284 g/mol. The Morgan fingerprint density at radius 2 is 2.11 bits per heavy atom. The van der Waals surface area contributed by atoms with Crippen LogP contribution in [-0.4, -0.2) is 34.7 Å². The Labute approximate surface area is 117 Å². The molecule has 1 aromatic rings. The van der Waals surface area contributed by atoms with Crippen molar-refractivity contribution >= 4 is 23.5 Å². The molecule has 0 amide bonds. The summed E-state index contributed by atoms with van der Waals surface area (Å²) < 4.78 is 5.49. The number of aliphatic hydroxyl groups excluding tert-OH is 1. The smallest absolute Gasteiger partial charge is 0.127 e. The van der Waals surface area contributed by atoms with E-state index in [4.69, 9.17) is 4.74 Å². The second kappa shape index (κ2) is 6.22. The van der Waals surface area contributed by atoms with E-state index >= 15 is 0 Å². The van der Waals surface area contributed by atoms with Crippen molar-refractivity contribution in [1.82, 2.24) is 0 Å². The van der Waals surface area contributed by atoms with Crippen molar-refractivity contribution in [2.24, 2.45) is 0 Å². The number of thioether (sulfide) groups is 2. The molecule has 0 bridgehead atoms. The van der Waals surface area contributed by atoms with Gasteiger partial charge in [-0.2, -0.15) is 23.5 Å². The summed E-state index contributed by atoms with van der Waals surface area (Å²) >= 11 is 3.79. The van der Waals surface area contributed by atoms with Crippen LogP contribution in [0.2, 0.25) is 0 Å². The second-order valence-electron chi connectivity index (χ2n) is 4.56. The lowest BCUT2D eigenvalue weighted by molar-refractivity contribution is 0.176. The van der Waals surface area contributed by atoms with Gasteiger partial charge in [-0.3, -0.25) is 0 Å². The summed E-state index contributed by atoms with van der Waals surface area (Å²) in [5.41, 5.74) is 3.26. The van der Waals surface area contributed by atoms with E-state index in [2.05, 4.69) is 13.0 Å². The molecule has 4 heteroatoms. The minimum atomic E-state index is -0.433. The molecule has 1 aliphatic heterocycles. The Balaban J connectivity index is 2.28. The lowest BCUT2D eigenvalue weighted by Crippen LogP contribution is -2.23. The quantitative estimate of drug-likeness (QED) is 0.923. The highest BCUT2D eigenvalue weighted by molar-refractivity contribution is 8.06. The SMILES string of the molecule is COc1c(C(O)C2CSCCS2)ccc(C)c1C. The Bertz CT molecular complexity index is 415. The van der Waals surface area contributed by atoms with Crippen LogP contribution in [0.3, 0.4) is 0 Å². The summed E-state index contributed by atoms with van der Waals surface area (Å²) in [6.45, 7) is 4.12. The van der Waals surface area contributed by atoms with Crippen molar-refractivity contribution in [3.05, 3.63) is 28.8 Å². The maximum absolute atomic E-state index is 10.6. The lowest BCUT2D eigenvalue weighted by Gasteiger charge is -2.27. The molecule has 1 fully saturated rings. The zero-order valence-corrected chi connectivity index (χ0v) is 12.7. The van der Waals surface area contributed by atoms with Gasteiger partial charge in [0, 0.05) is 28.1 Å². The summed E-state index contributed by atoms with van der Waals surface area (Å²) in [4.78, 5) is 0. The number of hydrogen-bond acceptors (Lipinski definition) is 4. The highest BCUT2D eigenvalue weighted by Crippen LogP contribution is 2.38. The van der Waals surface area contributed by atoms with E-state index in [1.54, 1.807) is 7.11 Å². The molecule has 18 heavy (non-hydrogen) atoms. The van der Waals surface area contributed by atoms with E-state index in [1.165, 1.54) is 11.3 Å². The van der Waals surface area contributed by atoms with Gasteiger partial charge in [0.05, 0.1) is 13.2 Å². The minimum absolute atomic E-state index is 0.278. The summed E-state index contributed by atoms with van der Waals surface area (Å²) in [6.07, 6.45) is -0.433. The molecule has 2 unspecified atom stereocenters. The molecule has 2 rings (SSSR count). The van der Waals surface area contributed by atoms with Gasteiger partial charge in [-0.05, 0) is 25.0 Å². The Hall–Kier alpha value is -0.320. The number of methoxy groups -OCH3 is 1. The molecule has 0 radical (unpaired) electrons. The summed E-state index contributed by atoms with van der Waals surface area (Å²) in [5.74, 6) is 4.18. The van der Waals surface area contributed by atoms with Crippen LogP contribution in [0.4, 0.5) is 0 Å². The van der Waals surface area contributed by atoms with Crippen molar-refractivity contribution in [1.29, 1.82) is 0 Å². The molecule has 1 saturated heterocycles. The first-order chi connectivity index (χ1) is 8.65. The Morgan fingerprint density at radius 3 is 2.72 bits per heavy atom. The Morgan fingerprint density at radius 1 is 1.33 bits per heavy atom. The first-order valence-corrected chi connectivity index (χ1v) is 8.37. The van der Waals surface area contributed by atoms with Crippen LogP contribution >= 0.6 is 23.5 Å². The second-order valence-corrected chi connectivity index (χ2v) is 7.06. The van der Waals surface area contributed by atoms with Gasteiger partial charge in [0.15, 0.2) is 0 Å². The molecular weight excluding hydrogens is 264 g/mol. The summed E-state index contributed by atoms with van der Waals surface area (Å²) in [7, 11) is 1.68. The van der Waals surface area contributed by atoms with Gasteiger partial charge >= 0.3 is 0 Å². The molecule has 1 N–H and O–H groups in total. The van der Waals surface area contributed by atoms with Crippen molar-refractivity contribution in [3.8, 4) is 5.75 Å². The van der Waals surface area contributed by atoms with Gasteiger partial charge < -0.3 is 9.84 Å². The van der Waals surface area contributed by atoms with Crippen LogP contribution < -0.4 is 4.74 Å². The number of ether oxygens (including phenoxy) is 1. The van der Waals surface area contributed by atoms with Crippen molar-refractivity contribution in [2.75, 3.05) is 24.4 Å². The number of aryl methyl sites for hydroxylation is 1. The number of rotatable bonds is 3. The standard InChI is InChI=1S/C14H20O2S2/c1-9-4-5-11(14(16-3)10(9)2)13(15)12-8-17-6-7-18-12/h4-5,12-13,15H,6-8H2,1-3H3. The van der Waals surface area contributed by atoms with Crippen LogP contribution in [0.15, 0.2) is 12.1 Å². The topological polar surface area (TPSA) is 29.5 Å². The molecule has 1 heterocycles. The Kier molecular flexibility index (Phi) is 4.87. The fourth-order valence-corrected chi connectivity index (χ4v) is 4.95. The maximum atomic E-state index is 10.6. The number of aliphatic hydroxyl groups is 1. The highest BCUT2D eigenvalue weighted by atomic mass is 32.2. The predicted molar refractivity (Wildman–Crippen MR) is 81.0 cm³/mol. The van der Waals surface area contributed by atoms with E-state index in [-0.39, 0.29) is 5.25 Å². The molecule has 100 valence electrons. The molecule has 2 atom stereocenters. The molecule has 0 saturated carbocycles.